The van der Waals surface area contributed by atoms with Crippen molar-refractivity contribution in [1.29, 1.82) is 0 Å². The van der Waals surface area contributed by atoms with E-state index >= 15 is 0 Å². The van der Waals surface area contributed by atoms with Gasteiger partial charge in [0.2, 0.25) is 0 Å². The molecule has 15 heavy (non-hydrogen) atoms. The molecule has 0 aliphatic heterocycles. The van der Waals surface area contributed by atoms with Gasteiger partial charge in [-0.2, -0.15) is 0 Å². The molecule has 0 fully saturated rings. The smallest absolute Gasteiger partial charge is 0.333 e. The second-order valence-electron chi connectivity index (χ2n) is 3.98. The number of esters is 1. The van der Waals surface area contributed by atoms with Gasteiger partial charge in [0.25, 0.3) is 0 Å². The third-order valence-electron chi connectivity index (χ3n) is 2.64. The number of hydrogen-bond donors (Lipinski definition) is 0. The third kappa shape index (κ3) is 2.09. The number of ether oxygens (including phenoxy) is 1. The zero-order valence-electron chi connectivity index (χ0n) is 8.82. The van der Waals surface area contributed by atoms with E-state index in [0.29, 0.717) is 5.57 Å². The van der Waals surface area contributed by atoms with E-state index in [1.54, 1.807) is 6.92 Å². The van der Waals surface area contributed by atoms with Gasteiger partial charge in [0.1, 0.15) is 6.10 Å². The fraction of sp³-hybridized carbons (Fsp3) is 0.308. The zero-order chi connectivity index (χ0) is 10.8. The van der Waals surface area contributed by atoms with Crippen LogP contribution in [0.2, 0.25) is 0 Å². The minimum atomic E-state index is -0.284. The van der Waals surface area contributed by atoms with Crippen LogP contribution in [-0.2, 0) is 22.4 Å². The molecule has 0 saturated carbocycles. The average molecular weight is 202 g/mol. The van der Waals surface area contributed by atoms with Crippen molar-refractivity contribution in [2.24, 2.45) is 0 Å². The Morgan fingerprint density at radius 1 is 1.33 bits per heavy atom. The maximum atomic E-state index is 11.3. The van der Waals surface area contributed by atoms with E-state index in [1.165, 1.54) is 11.1 Å². The van der Waals surface area contributed by atoms with Crippen molar-refractivity contribution < 1.29 is 9.53 Å². The summed E-state index contributed by atoms with van der Waals surface area (Å²) < 4.78 is 5.32. The average Bonchev–Trinajstić information content (AvgIpc) is 2.59. The van der Waals surface area contributed by atoms with Crippen molar-refractivity contribution in [2.45, 2.75) is 25.9 Å². The first-order valence-corrected chi connectivity index (χ1v) is 5.10. The molecule has 2 nitrogen and oxygen atoms in total. The third-order valence-corrected chi connectivity index (χ3v) is 2.64. The number of rotatable bonds is 2. The second kappa shape index (κ2) is 3.89. The molecule has 0 aromatic heterocycles. The van der Waals surface area contributed by atoms with Gasteiger partial charge in [0.15, 0.2) is 0 Å². The van der Waals surface area contributed by atoms with Crippen molar-refractivity contribution in [3.63, 3.8) is 0 Å². The van der Waals surface area contributed by atoms with Gasteiger partial charge in [-0.05, 0) is 18.1 Å². The van der Waals surface area contributed by atoms with Crippen LogP contribution >= 0.6 is 0 Å². The summed E-state index contributed by atoms with van der Waals surface area (Å²) in [6.45, 7) is 5.24. The van der Waals surface area contributed by atoms with Gasteiger partial charge in [-0.25, -0.2) is 4.79 Å². The van der Waals surface area contributed by atoms with Gasteiger partial charge in [-0.1, -0.05) is 30.8 Å². The number of hydrogen-bond acceptors (Lipinski definition) is 2. The van der Waals surface area contributed by atoms with Crippen LogP contribution in [0.15, 0.2) is 36.4 Å². The van der Waals surface area contributed by atoms with Crippen LogP contribution in [0.1, 0.15) is 18.1 Å². The SMILES string of the molecule is C=C(C)C(=O)OC1Cc2ccccc2C1. The van der Waals surface area contributed by atoms with E-state index in [1.807, 2.05) is 12.1 Å². The molecule has 0 saturated heterocycles. The van der Waals surface area contributed by atoms with Crippen molar-refractivity contribution >= 4 is 5.97 Å². The van der Waals surface area contributed by atoms with Crippen molar-refractivity contribution in [3.05, 3.63) is 47.5 Å². The van der Waals surface area contributed by atoms with Crippen LogP contribution in [-0.4, -0.2) is 12.1 Å². The first kappa shape index (κ1) is 9.97. The van der Waals surface area contributed by atoms with Gasteiger partial charge in [-0.15, -0.1) is 0 Å². The summed E-state index contributed by atoms with van der Waals surface area (Å²) in [4.78, 5) is 11.3. The van der Waals surface area contributed by atoms with Gasteiger partial charge >= 0.3 is 5.97 Å². The number of carbonyl (C=O) groups is 1. The monoisotopic (exact) mass is 202 g/mol. The van der Waals surface area contributed by atoms with Gasteiger partial charge in [0.05, 0.1) is 0 Å². The maximum absolute atomic E-state index is 11.3. The Morgan fingerprint density at radius 3 is 2.33 bits per heavy atom. The topological polar surface area (TPSA) is 26.3 Å². The normalized spacial score (nSPS) is 14.7. The van der Waals surface area contributed by atoms with E-state index in [9.17, 15) is 4.79 Å². The Labute approximate surface area is 89.6 Å². The Hall–Kier alpha value is -1.57. The number of carbonyl (C=O) groups excluding carboxylic acids is 1. The molecule has 0 radical (unpaired) electrons. The quantitative estimate of drug-likeness (QED) is 0.543. The number of fused-ring (bicyclic) bond motifs is 1. The van der Waals surface area contributed by atoms with Crippen LogP contribution in [0, 0.1) is 0 Å². The molecule has 0 N–H and O–H groups in total. The van der Waals surface area contributed by atoms with Gasteiger partial charge in [0, 0.05) is 18.4 Å². The van der Waals surface area contributed by atoms with E-state index in [4.69, 9.17) is 4.74 Å². The maximum Gasteiger partial charge on any atom is 0.333 e. The molecule has 2 rings (SSSR count). The van der Waals surface area contributed by atoms with Crippen LogP contribution in [0.3, 0.4) is 0 Å². The summed E-state index contributed by atoms with van der Waals surface area (Å²) in [7, 11) is 0. The van der Waals surface area contributed by atoms with Crippen LogP contribution < -0.4 is 0 Å². The molecule has 0 atom stereocenters. The second-order valence-corrected chi connectivity index (χ2v) is 3.98. The fourth-order valence-electron chi connectivity index (χ4n) is 1.85. The van der Waals surface area contributed by atoms with E-state index in [-0.39, 0.29) is 12.1 Å². The first-order chi connectivity index (χ1) is 7.16. The minimum absolute atomic E-state index is 0.00778. The highest BCUT2D eigenvalue weighted by atomic mass is 16.5. The largest absolute Gasteiger partial charge is 0.458 e. The molecule has 0 spiro atoms. The molecule has 1 aliphatic rings. The highest BCUT2D eigenvalue weighted by molar-refractivity contribution is 5.87. The molecule has 78 valence electrons. The van der Waals surface area contributed by atoms with Crippen LogP contribution in [0.5, 0.6) is 0 Å². The summed E-state index contributed by atoms with van der Waals surface area (Å²) in [6.07, 6.45) is 1.65. The fourth-order valence-corrected chi connectivity index (χ4v) is 1.85. The van der Waals surface area contributed by atoms with Crippen molar-refractivity contribution in [3.8, 4) is 0 Å². The first-order valence-electron chi connectivity index (χ1n) is 5.10. The lowest BCUT2D eigenvalue weighted by molar-refractivity contribution is -0.143. The minimum Gasteiger partial charge on any atom is -0.458 e. The molecule has 1 aromatic rings. The molecule has 0 unspecified atom stereocenters. The Bertz CT molecular complexity index is 382. The molecule has 0 amide bonds. The van der Waals surface area contributed by atoms with E-state index in [0.717, 1.165) is 12.8 Å². The summed E-state index contributed by atoms with van der Waals surface area (Å²) >= 11 is 0. The highest BCUT2D eigenvalue weighted by Crippen LogP contribution is 2.24. The van der Waals surface area contributed by atoms with Crippen molar-refractivity contribution in [1.82, 2.24) is 0 Å². The van der Waals surface area contributed by atoms with E-state index in [2.05, 4.69) is 18.7 Å². The molecule has 1 aliphatic carbocycles. The summed E-state index contributed by atoms with van der Waals surface area (Å²) in [5, 5.41) is 0. The summed E-state index contributed by atoms with van der Waals surface area (Å²) in [5.74, 6) is -0.284. The zero-order valence-corrected chi connectivity index (χ0v) is 8.82. The molecule has 0 bridgehead atoms. The number of benzene rings is 1. The lowest BCUT2D eigenvalue weighted by Gasteiger charge is -2.10. The molecule has 1 aromatic carbocycles. The molecule has 0 heterocycles. The van der Waals surface area contributed by atoms with E-state index < -0.39 is 0 Å². The van der Waals surface area contributed by atoms with Crippen LogP contribution in [0.4, 0.5) is 0 Å². The summed E-state index contributed by atoms with van der Waals surface area (Å²) in [5.41, 5.74) is 3.04. The molecular weight excluding hydrogens is 188 g/mol. The predicted octanol–water partition coefficient (Wildman–Crippen LogP) is 2.27. The van der Waals surface area contributed by atoms with Crippen molar-refractivity contribution in [2.75, 3.05) is 0 Å². The summed E-state index contributed by atoms with van der Waals surface area (Å²) in [6, 6.07) is 8.21. The molecule has 2 heteroatoms. The lowest BCUT2D eigenvalue weighted by Crippen LogP contribution is -2.18. The Balaban J connectivity index is 2.02. The Kier molecular flexibility index (Phi) is 2.58. The molecular formula is C13H14O2. The highest BCUT2D eigenvalue weighted by Gasteiger charge is 2.24. The Morgan fingerprint density at radius 2 is 1.87 bits per heavy atom. The predicted molar refractivity (Wildman–Crippen MR) is 58.5 cm³/mol. The lowest BCUT2D eigenvalue weighted by atomic mass is 10.1. The van der Waals surface area contributed by atoms with Gasteiger partial charge in [-0.3, -0.25) is 0 Å². The van der Waals surface area contributed by atoms with Crippen LogP contribution in [0.25, 0.3) is 0 Å². The standard InChI is InChI=1S/C13H14O2/c1-9(2)13(14)15-12-7-10-5-3-4-6-11(10)8-12/h3-6,12H,1,7-8H2,2H3. The van der Waals surface area contributed by atoms with Gasteiger partial charge < -0.3 is 4.74 Å².